The minimum atomic E-state index is -4.36. The molecule has 0 aromatic rings. The number of carbonyl (C=O) groups excluding carboxylic acids is 1. The fourth-order valence-corrected chi connectivity index (χ4v) is 2.40. The summed E-state index contributed by atoms with van der Waals surface area (Å²) in [5, 5.41) is 17.3. The molecule has 122 valence electrons. The Morgan fingerprint density at radius 1 is 1.10 bits per heavy atom. The average Bonchev–Trinajstić information content (AvgIpc) is 2.33. The first kappa shape index (κ1) is 19.3. The van der Waals surface area contributed by atoms with E-state index in [1.54, 1.807) is 9.44 Å². The van der Waals surface area contributed by atoms with Crippen LogP contribution in [0.1, 0.15) is 32.1 Å². The van der Waals surface area contributed by atoms with Gasteiger partial charge in [-0.2, -0.15) is 13.1 Å². The standard InChI is InChI=1S/C10H19N3O7S/c11-6-2-1-3-8(14)13-21(19,20)12-7(10(17)18)4-5-9(15)16/h7,12H,1-6,11H2,(H,13,14)(H,15,16)(H,17,18)/t7-/m0/s1. The zero-order valence-corrected chi connectivity index (χ0v) is 12.1. The van der Waals surface area contributed by atoms with E-state index in [4.69, 9.17) is 15.9 Å². The van der Waals surface area contributed by atoms with Crippen molar-refractivity contribution < 1.29 is 33.0 Å². The number of nitrogens with one attached hydrogen (secondary N) is 2. The highest BCUT2D eigenvalue weighted by Gasteiger charge is 2.25. The van der Waals surface area contributed by atoms with E-state index in [1.165, 1.54) is 0 Å². The van der Waals surface area contributed by atoms with E-state index in [9.17, 15) is 22.8 Å². The van der Waals surface area contributed by atoms with Gasteiger partial charge in [0.2, 0.25) is 5.91 Å². The molecule has 21 heavy (non-hydrogen) atoms. The van der Waals surface area contributed by atoms with Crippen LogP contribution in [0.4, 0.5) is 0 Å². The Morgan fingerprint density at radius 2 is 1.71 bits per heavy atom. The highest BCUT2D eigenvalue weighted by atomic mass is 32.2. The van der Waals surface area contributed by atoms with E-state index >= 15 is 0 Å². The predicted octanol–water partition coefficient (Wildman–Crippen LogP) is -1.62. The van der Waals surface area contributed by atoms with Crippen molar-refractivity contribution in [2.75, 3.05) is 6.54 Å². The summed E-state index contributed by atoms with van der Waals surface area (Å²) in [6.07, 6.45) is -0.0711. The minimum Gasteiger partial charge on any atom is -0.481 e. The van der Waals surface area contributed by atoms with Crippen LogP contribution in [0.3, 0.4) is 0 Å². The lowest BCUT2D eigenvalue weighted by atomic mass is 10.2. The van der Waals surface area contributed by atoms with Gasteiger partial charge in [-0.1, -0.05) is 0 Å². The van der Waals surface area contributed by atoms with Crippen LogP contribution in [0.15, 0.2) is 0 Å². The van der Waals surface area contributed by atoms with Crippen molar-refractivity contribution in [1.29, 1.82) is 0 Å². The summed E-state index contributed by atoms with van der Waals surface area (Å²) < 4.78 is 26.5. The van der Waals surface area contributed by atoms with Crippen LogP contribution in [-0.4, -0.2) is 49.1 Å². The van der Waals surface area contributed by atoms with Crippen LogP contribution in [0.2, 0.25) is 0 Å². The molecule has 0 saturated heterocycles. The van der Waals surface area contributed by atoms with Crippen LogP contribution in [-0.2, 0) is 24.6 Å². The maximum Gasteiger partial charge on any atom is 0.321 e. The van der Waals surface area contributed by atoms with Gasteiger partial charge in [-0.25, -0.2) is 4.72 Å². The number of aliphatic carboxylic acids is 2. The normalized spacial score (nSPS) is 12.6. The molecule has 0 spiro atoms. The molecule has 0 aromatic heterocycles. The summed E-state index contributed by atoms with van der Waals surface area (Å²) in [7, 11) is -4.36. The second kappa shape index (κ2) is 9.26. The number of carbonyl (C=O) groups is 3. The van der Waals surface area contributed by atoms with Gasteiger partial charge in [-0.3, -0.25) is 14.4 Å². The molecule has 0 aliphatic carbocycles. The number of hydrogen-bond acceptors (Lipinski definition) is 6. The zero-order chi connectivity index (χ0) is 16.5. The highest BCUT2D eigenvalue weighted by Crippen LogP contribution is 2.00. The van der Waals surface area contributed by atoms with Crippen molar-refractivity contribution in [3.8, 4) is 0 Å². The van der Waals surface area contributed by atoms with Crippen molar-refractivity contribution in [1.82, 2.24) is 9.44 Å². The lowest BCUT2D eigenvalue weighted by Gasteiger charge is -2.14. The maximum absolute atomic E-state index is 11.6. The van der Waals surface area contributed by atoms with Gasteiger partial charge in [0.15, 0.2) is 0 Å². The lowest BCUT2D eigenvalue weighted by Crippen LogP contribution is -2.48. The lowest BCUT2D eigenvalue weighted by molar-refractivity contribution is -0.140. The average molecular weight is 325 g/mol. The molecule has 0 radical (unpaired) electrons. The number of carboxylic acids is 2. The Morgan fingerprint density at radius 3 is 2.19 bits per heavy atom. The van der Waals surface area contributed by atoms with E-state index in [0.717, 1.165) is 0 Å². The maximum atomic E-state index is 11.6. The van der Waals surface area contributed by atoms with Gasteiger partial charge in [0.1, 0.15) is 6.04 Å². The molecule has 6 N–H and O–H groups in total. The number of amides is 1. The molecule has 0 aliphatic heterocycles. The Labute approximate surface area is 121 Å². The Balaban J connectivity index is 4.49. The van der Waals surface area contributed by atoms with Gasteiger partial charge in [0.25, 0.3) is 0 Å². The first-order valence-corrected chi connectivity index (χ1v) is 7.64. The molecule has 0 saturated carbocycles. The van der Waals surface area contributed by atoms with Crippen LogP contribution < -0.4 is 15.2 Å². The number of hydrogen-bond donors (Lipinski definition) is 5. The summed E-state index contributed by atoms with van der Waals surface area (Å²) in [4.78, 5) is 32.5. The SMILES string of the molecule is NCCCCC(=O)NS(=O)(=O)N[C@@H](CCC(=O)O)C(=O)O. The Bertz CT molecular complexity index is 477. The summed E-state index contributed by atoms with van der Waals surface area (Å²) in [6, 6.07) is -1.63. The van der Waals surface area contributed by atoms with Crippen molar-refractivity contribution in [3.05, 3.63) is 0 Å². The molecule has 0 rings (SSSR count). The summed E-state index contributed by atoms with van der Waals surface area (Å²) in [6.45, 7) is 0.370. The molecule has 0 heterocycles. The van der Waals surface area contributed by atoms with Crippen molar-refractivity contribution in [2.24, 2.45) is 5.73 Å². The fourth-order valence-electron chi connectivity index (χ4n) is 1.35. The van der Waals surface area contributed by atoms with Gasteiger partial charge in [-0.15, -0.1) is 0 Å². The fraction of sp³-hybridized carbons (Fsp3) is 0.700. The van der Waals surface area contributed by atoms with Gasteiger partial charge >= 0.3 is 22.1 Å². The van der Waals surface area contributed by atoms with Gasteiger partial charge in [0.05, 0.1) is 0 Å². The van der Waals surface area contributed by atoms with Crippen molar-refractivity contribution in [3.63, 3.8) is 0 Å². The molecule has 1 amide bonds. The first-order valence-electron chi connectivity index (χ1n) is 6.15. The number of nitrogens with two attached hydrogens (primary N) is 1. The molecule has 0 unspecified atom stereocenters. The molecule has 1 atom stereocenters. The molecule has 10 nitrogen and oxygen atoms in total. The third kappa shape index (κ3) is 9.76. The second-order valence-electron chi connectivity index (χ2n) is 4.22. The molecule has 0 aliphatic rings. The zero-order valence-electron chi connectivity index (χ0n) is 11.2. The molecule has 0 fully saturated rings. The van der Waals surface area contributed by atoms with E-state index in [1.807, 2.05) is 0 Å². The Kier molecular flexibility index (Phi) is 8.50. The van der Waals surface area contributed by atoms with Crippen LogP contribution in [0.5, 0.6) is 0 Å². The molecular formula is C10H19N3O7S. The number of carboxylic acid groups (broad SMARTS) is 2. The summed E-state index contributed by atoms with van der Waals surface area (Å²) in [5.74, 6) is -3.58. The molecular weight excluding hydrogens is 306 g/mol. The first-order chi connectivity index (χ1) is 9.68. The quantitative estimate of drug-likeness (QED) is 0.281. The summed E-state index contributed by atoms with van der Waals surface area (Å²) in [5.41, 5.74) is 5.22. The Hall–Kier alpha value is -1.72. The highest BCUT2D eigenvalue weighted by molar-refractivity contribution is 7.88. The summed E-state index contributed by atoms with van der Waals surface area (Å²) >= 11 is 0. The van der Waals surface area contributed by atoms with Crippen molar-refractivity contribution in [2.45, 2.75) is 38.1 Å². The minimum absolute atomic E-state index is 0.0645. The smallest absolute Gasteiger partial charge is 0.321 e. The molecule has 0 bridgehead atoms. The monoisotopic (exact) mass is 325 g/mol. The largest absolute Gasteiger partial charge is 0.481 e. The van der Waals surface area contributed by atoms with E-state index in [-0.39, 0.29) is 6.42 Å². The topological polar surface area (TPSA) is 176 Å². The van der Waals surface area contributed by atoms with Crippen molar-refractivity contribution >= 4 is 28.1 Å². The van der Waals surface area contributed by atoms with Crippen LogP contribution >= 0.6 is 0 Å². The molecule has 11 heteroatoms. The van der Waals surface area contributed by atoms with E-state index in [0.29, 0.717) is 19.4 Å². The van der Waals surface area contributed by atoms with Gasteiger partial charge in [0, 0.05) is 12.8 Å². The molecule has 0 aromatic carbocycles. The predicted molar refractivity (Wildman–Crippen MR) is 71.4 cm³/mol. The van der Waals surface area contributed by atoms with Gasteiger partial charge in [-0.05, 0) is 25.8 Å². The van der Waals surface area contributed by atoms with E-state index < -0.39 is 46.9 Å². The van der Waals surface area contributed by atoms with E-state index in [2.05, 4.69) is 0 Å². The van der Waals surface area contributed by atoms with Crippen LogP contribution in [0.25, 0.3) is 0 Å². The van der Waals surface area contributed by atoms with Gasteiger partial charge < -0.3 is 15.9 Å². The third-order valence-electron chi connectivity index (χ3n) is 2.35. The number of unbranched alkanes of at least 4 members (excludes halogenated alkanes) is 1. The number of rotatable bonds is 11. The third-order valence-corrected chi connectivity index (χ3v) is 3.44. The van der Waals surface area contributed by atoms with Crippen LogP contribution in [0, 0.1) is 0 Å². The second-order valence-corrected chi connectivity index (χ2v) is 5.66.